The van der Waals surface area contributed by atoms with E-state index in [1.165, 1.54) is 10.9 Å². The third-order valence-electron chi connectivity index (χ3n) is 4.38. The van der Waals surface area contributed by atoms with E-state index in [0.29, 0.717) is 0 Å². The second-order valence-corrected chi connectivity index (χ2v) is 6.17. The lowest BCUT2D eigenvalue weighted by molar-refractivity contribution is -0.137. The average Bonchev–Trinajstić information content (AvgIpc) is 2.60. The molecule has 0 bridgehead atoms. The number of carbonyl (C=O) groups is 1. The van der Waals surface area contributed by atoms with Crippen molar-refractivity contribution in [2.24, 2.45) is 0 Å². The fourth-order valence-corrected chi connectivity index (χ4v) is 3.18. The van der Waals surface area contributed by atoms with E-state index in [0.717, 1.165) is 54.9 Å². The summed E-state index contributed by atoms with van der Waals surface area (Å²) < 4.78 is 0. The highest BCUT2D eigenvalue weighted by molar-refractivity contribution is 6.04. The third-order valence-corrected chi connectivity index (χ3v) is 4.38. The molecule has 2 heterocycles. The molecule has 0 saturated heterocycles. The van der Waals surface area contributed by atoms with E-state index in [1.807, 2.05) is 24.5 Å². The maximum absolute atomic E-state index is 10.5. The number of hydrogen-bond donors (Lipinski definition) is 1. The summed E-state index contributed by atoms with van der Waals surface area (Å²) in [6.45, 7) is 0. The first-order valence-corrected chi connectivity index (χ1v) is 8.59. The Kier molecular flexibility index (Phi) is 5.36. The van der Waals surface area contributed by atoms with Gasteiger partial charge >= 0.3 is 5.97 Å². The third kappa shape index (κ3) is 3.88. The summed E-state index contributed by atoms with van der Waals surface area (Å²) in [5.74, 6) is -0.696. The molecule has 4 nitrogen and oxygen atoms in total. The van der Waals surface area contributed by atoms with Crippen molar-refractivity contribution < 1.29 is 9.90 Å². The van der Waals surface area contributed by atoms with Crippen molar-refractivity contribution in [1.29, 1.82) is 0 Å². The van der Waals surface area contributed by atoms with Crippen molar-refractivity contribution in [3.05, 3.63) is 48.3 Å². The Hall–Kier alpha value is -2.49. The Labute approximate surface area is 141 Å². The summed E-state index contributed by atoms with van der Waals surface area (Å²) in [5, 5.41) is 11.0. The maximum Gasteiger partial charge on any atom is 0.303 e. The molecule has 0 aliphatic carbocycles. The van der Waals surface area contributed by atoms with Crippen molar-refractivity contribution in [2.45, 2.75) is 44.9 Å². The quantitative estimate of drug-likeness (QED) is 0.480. The number of carboxylic acid groups (broad SMARTS) is 1. The first kappa shape index (κ1) is 16.4. The lowest BCUT2D eigenvalue weighted by Crippen LogP contribution is -1.94. The van der Waals surface area contributed by atoms with Gasteiger partial charge in [-0.3, -0.25) is 14.8 Å². The molecule has 0 aliphatic heterocycles. The van der Waals surface area contributed by atoms with Gasteiger partial charge in [-0.15, -0.1) is 0 Å². The van der Waals surface area contributed by atoms with Gasteiger partial charge in [-0.05, 0) is 43.0 Å². The molecule has 1 aromatic carbocycles. The lowest BCUT2D eigenvalue weighted by atomic mass is 9.98. The minimum Gasteiger partial charge on any atom is -0.481 e. The van der Waals surface area contributed by atoms with Crippen LogP contribution in [0.5, 0.6) is 0 Å². The molecule has 3 aromatic rings. The SMILES string of the molecule is O=C(O)CCCCCCCc1cc2cccnc2c2ncccc12. The fraction of sp³-hybridized carbons (Fsp3) is 0.350. The number of unbranched alkanes of at least 4 members (excludes halogenated alkanes) is 4. The number of aromatic nitrogens is 2. The van der Waals surface area contributed by atoms with Crippen molar-refractivity contribution >= 4 is 27.8 Å². The average molecular weight is 322 g/mol. The van der Waals surface area contributed by atoms with Gasteiger partial charge in [0.1, 0.15) is 0 Å². The van der Waals surface area contributed by atoms with Gasteiger partial charge < -0.3 is 5.11 Å². The van der Waals surface area contributed by atoms with E-state index in [2.05, 4.69) is 28.2 Å². The molecule has 124 valence electrons. The number of pyridine rings is 2. The van der Waals surface area contributed by atoms with Crippen LogP contribution in [0.2, 0.25) is 0 Å². The highest BCUT2D eigenvalue weighted by Crippen LogP contribution is 2.26. The van der Waals surface area contributed by atoms with E-state index in [-0.39, 0.29) is 6.42 Å². The van der Waals surface area contributed by atoms with Crippen LogP contribution in [0.3, 0.4) is 0 Å². The Balaban J connectivity index is 1.67. The predicted molar refractivity (Wildman–Crippen MR) is 96.1 cm³/mol. The summed E-state index contributed by atoms with van der Waals surface area (Å²) in [6, 6.07) is 10.4. The molecule has 3 rings (SSSR count). The summed E-state index contributed by atoms with van der Waals surface area (Å²) in [6.07, 6.45) is 10.1. The first-order valence-electron chi connectivity index (χ1n) is 8.59. The molecule has 0 fully saturated rings. The largest absolute Gasteiger partial charge is 0.481 e. The summed E-state index contributed by atoms with van der Waals surface area (Å²) in [7, 11) is 0. The lowest BCUT2D eigenvalue weighted by Gasteiger charge is -2.09. The minimum absolute atomic E-state index is 0.286. The number of aliphatic carboxylic acids is 1. The molecule has 0 saturated carbocycles. The van der Waals surface area contributed by atoms with Crippen LogP contribution in [0.1, 0.15) is 44.1 Å². The van der Waals surface area contributed by atoms with Gasteiger partial charge in [-0.1, -0.05) is 31.4 Å². The molecular formula is C20H22N2O2. The Morgan fingerprint density at radius 1 is 0.917 bits per heavy atom. The standard InChI is InChI=1S/C20H22N2O2/c23-18(24)11-5-3-1-2-4-8-15-14-16-9-6-12-21-19(16)20-17(15)10-7-13-22-20/h6-7,9-10,12-14H,1-5,8,11H2,(H,23,24). The number of aryl methyl sites for hydroxylation is 1. The number of nitrogens with zero attached hydrogens (tertiary/aromatic N) is 2. The fourth-order valence-electron chi connectivity index (χ4n) is 3.18. The minimum atomic E-state index is -0.696. The van der Waals surface area contributed by atoms with Crippen molar-refractivity contribution in [2.75, 3.05) is 0 Å². The van der Waals surface area contributed by atoms with Crippen LogP contribution < -0.4 is 0 Å². The van der Waals surface area contributed by atoms with Gasteiger partial charge in [-0.25, -0.2) is 0 Å². The van der Waals surface area contributed by atoms with Crippen LogP contribution >= 0.6 is 0 Å². The van der Waals surface area contributed by atoms with E-state index < -0.39 is 5.97 Å². The molecule has 0 radical (unpaired) electrons. The molecular weight excluding hydrogens is 300 g/mol. The zero-order valence-corrected chi connectivity index (χ0v) is 13.7. The molecule has 0 unspecified atom stereocenters. The molecule has 0 amide bonds. The summed E-state index contributed by atoms with van der Waals surface area (Å²) in [4.78, 5) is 19.5. The van der Waals surface area contributed by atoms with E-state index >= 15 is 0 Å². The van der Waals surface area contributed by atoms with Crippen LogP contribution in [0.4, 0.5) is 0 Å². The molecule has 0 spiro atoms. The monoisotopic (exact) mass is 322 g/mol. The second-order valence-electron chi connectivity index (χ2n) is 6.17. The summed E-state index contributed by atoms with van der Waals surface area (Å²) in [5.41, 5.74) is 3.27. The van der Waals surface area contributed by atoms with E-state index in [9.17, 15) is 4.79 Å². The Bertz CT molecular complexity index is 845. The predicted octanol–water partition coefficient (Wildman–Crippen LogP) is 4.75. The number of rotatable bonds is 8. The molecule has 1 N–H and O–H groups in total. The van der Waals surface area contributed by atoms with Gasteiger partial charge in [0.15, 0.2) is 0 Å². The number of fused-ring (bicyclic) bond motifs is 3. The van der Waals surface area contributed by atoms with Crippen molar-refractivity contribution in [3.8, 4) is 0 Å². The molecule has 4 heteroatoms. The van der Waals surface area contributed by atoms with Crippen LogP contribution in [0.15, 0.2) is 42.7 Å². The highest BCUT2D eigenvalue weighted by Gasteiger charge is 2.08. The molecule has 0 aliphatic rings. The van der Waals surface area contributed by atoms with Crippen molar-refractivity contribution in [1.82, 2.24) is 9.97 Å². The molecule has 0 atom stereocenters. The van der Waals surface area contributed by atoms with Crippen LogP contribution in [0, 0.1) is 0 Å². The highest BCUT2D eigenvalue weighted by atomic mass is 16.4. The van der Waals surface area contributed by atoms with Crippen LogP contribution in [-0.2, 0) is 11.2 Å². The topological polar surface area (TPSA) is 63.1 Å². The number of carboxylic acids is 1. The van der Waals surface area contributed by atoms with Gasteiger partial charge in [-0.2, -0.15) is 0 Å². The summed E-state index contributed by atoms with van der Waals surface area (Å²) >= 11 is 0. The van der Waals surface area contributed by atoms with Crippen molar-refractivity contribution in [3.63, 3.8) is 0 Å². The zero-order chi connectivity index (χ0) is 16.8. The zero-order valence-electron chi connectivity index (χ0n) is 13.7. The first-order chi connectivity index (χ1) is 11.8. The van der Waals surface area contributed by atoms with E-state index in [4.69, 9.17) is 5.11 Å². The van der Waals surface area contributed by atoms with E-state index in [1.54, 1.807) is 0 Å². The van der Waals surface area contributed by atoms with Gasteiger partial charge in [0, 0.05) is 29.6 Å². The Morgan fingerprint density at radius 3 is 2.46 bits per heavy atom. The Morgan fingerprint density at radius 2 is 1.62 bits per heavy atom. The second kappa shape index (κ2) is 7.86. The van der Waals surface area contributed by atoms with Gasteiger partial charge in [0.2, 0.25) is 0 Å². The molecule has 2 aromatic heterocycles. The number of hydrogen-bond acceptors (Lipinski definition) is 3. The van der Waals surface area contributed by atoms with Gasteiger partial charge in [0.25, 0.3) is 0 Å². The smallest absolute Gasteiger partial charge is 0.303 e. The number of benzene rings is 1. The van der Waals surface area contributed by atoms with Gasteiger partial charge in [0.05, 0.1) is 11.0 Å². The van der Waals surface area contributed by atoms with Crippen LogP contribution in [0.25, 0.3) is 21.8 Å². The van der Waals surface area contributed by atoms with Crippen LogP contribution in [-0.4, -0.2) is 21.0 Å². The maximum atomic E-state index is 10.5. The normalized spacial score (nSPS) is 11.2. The molecule has 24 heavy (non-hydrogen) atoms.